The van der Waals surface area contributed by atoms with E-state index >= 15 is 0 Å². The molecule has 3 atom stereocenters. The van der Waals surface area contributed by atoms with Gasteiger partial charge in [0.15, 0.2) is 0 Å². The quantitative estimate of drug-likeness (QED) is 0.892. The molecule has 2 aromatic rings. The van der Waals surface area contributed by atoms with Crippen LogP contribution in [0.25, 0.3) is 0 Å². The standard InChI is InChI=1S/C15H19ClN4O/c1-10-7-15(21,11-4-3-5-12(16)6-11)8-13(17-10)14-9-20(2)19-18-14/h3-6,9-10,13,17,21H,7-8H2,1-2H3/t10-,13-,15+/m0/s1. The van der Waals surface area contributed by atoms with Crippen molar-refractivity contribution in [3.05, 3.63) is 46.7 Å². The molecule has 0 aliphatic carbocycles. The summed E-state index contributed by atoms with van der Waals surface area (Å²) in [4.78, 5) is 0. The summed E-state index contributed by atoms with van der Waals surface area (Å²) in [6.45, 7) is 2.07. The van der Waals surface area contributed by atoms with Gasteiger partial charge in [-0.1, -0.05) is 28.9 Å². The number of piperidine rings is 1. The van der Waals surface area contributed by atoms with Gasteiger partial charge in [0.25, 0.3) is 0 Å². The van der Waals surface area contributed by atoms with Crippen molar-refractivity contribution in [1.29, 1.82) is 0 Å². The molecule has 0 amide bonds. The van der Waals surface area contributed by atoms with E-state index in [4.69, 9.17) is 11.6 Å². The van der Waals surface area contributed by atoms with E-state index in [-0.39, 0.29) is 12.1 Å². The number of hydrogen-bond donors (Lipinski definition) is 2. The van der Waals surface area contributed by atoms with Gasteiger partial charge in [-0.25, -0.2) is 0 Å². The zero-order chi connectivity index (χ0) is 15.0. The second-order valence-corrected chi connectivity index (χ2v) is 6.32. The van der Waals surface area contributed by atoms with Crippen molar-refractivity contribution >= 4 is 11.6 Å². The molecule has 1 saturated heterocycles. The number of aliphatic hydroxyl groups is 1. The smallest absolute Gasteiger partial charge is 0.0997 e. The molecule has 5 nitrogen and oxygen atoms in total. The van der Waals surface area contributed by atoms with Crippen LogP contribution in [0, 0.1) is 0 Å². The lowest BCUT2D eigenvalue weighted by Crippen LogP contribution is -2.47. The lowest BCUT2D eigenvalue weighted by molar-refractivity contribution is -0.0235. The minimum atomic E-state index is -0.905. The minimum absolute atomic E-state index is 0.0218. The lowest BCUT2D eigenvalue weighted by Gasteiger charge is -2.40. The summed E-state index contributed by atoms with van der Waals surface area (Å²) in [6, 6.07) is 7.62. The average molecular weight is 307 g/mol. The van der Waals surface area contributed by atoms with E-state index in [1.54, 1.807) is 4.68 Å². The van der Waals surface area contributed by atoms with E-state index in [0.717, 1.165) is 11.3 Å². The Balaban J connectivity index is 1.92. The molecule has 1 aliphatic rings. The summed E-state index contributed by atoms with van der Waals surface area (Å²) >= 11 is 6.07. The summed E-state index contributed by atoms with van der Waals surface area (Å²) in [5.74, 6) is 0. The first-order valence-electron chi connectivity index (χ1n) is 7.07. The molecule has 0 spiro atoms. The fraction of sp³-hybridized carbons (Fsp3) is 0.467. The molecular formula is C15H19ClN4O. The summed E-state index contributed by atoms with van der Waals surface area (Å²) in [7, 11) is 1.84. The Bertz CT molecular complexity index is 644. The normalized spacial score (nSPS) is 29.5. The third-order valence-corrected chi connectivity index (χ3v) is 4.25. The van der Waals surface area contributed by atoms with Gasteiger partial charge in [0, 0.05) is 30.7 Å². The Kier molecular flexibility index (Phi) is 3.73. The third kappa shape index (κ3) is 2.95. The topological polar surface area (TPSA) is 63.0 Å². The first kappa shape index (κ1) is 14.5. The maximum atomic E-state index is 11.1. The Morgan fingerprint density at radius 2 is 2.24 bits per heavy atom. The first-order chi connectivity index (χ1) is 9.96. The van der Waals surface area contributed by atoms with Crippen LogP contribution in [0.15, 0.2) is 30.5 Å². The van der Waals surface area contributed by atoms with E-state index in [1.807, 2.05) is 37.5 Å². The SMILES string of the molecule is C[C@H]1C[C@](O)(c2cccc(Cl)c2)C[C@@H](c2cn(C)nn2)N1. The van der Waals surface area contributed by atoms with Crippen molar-refractivity contribution in [3.8, 4) is 0 Å². The zero-order valence-electron chi connectivity index (χ0n) is 12.1. The van der Waals surface area contributed by atoms with Gasteiger partial charge in [-0.05, 0) is 31.0 Å². The number of nitrogens with zero attached hydrogens (tertiary/aromatic N) is 3. The van der Waals surface area contributed by atoms with Gasteiger partial charge < -0.3 is 10.4 Å². The summed E-state index contributed by atoms with van der Waals surface area (Å²) < 4.78 is 1.68. The van der Waals surface area contributed by atoms with Crippen LogP contribution in [0.4, 0.5) is 0 Å². The molecule has 0 radical (unpaired) electrons. The molecule has 21 heavy (non-hydrogen) atoms. The number of aromatic nitrogens is 3. The first-order valence-corrected chi connectivity index (χ1v) is 7.45. The van der Waals surface area contributed by atoms with Gasteiger partial charge in [-0.15, -0.1) is 5.10 Å². The van der Waals surface area contributed by atoms with Crippen LogP contribution in [-0.4, -0.2) is 26.1 Å². The summed E-state index contributed by atoms with van der Waals surface area (Å²) in [6.07, 6.45) is 3.08. The molecule has 3 rings (SSSR count). The van der Waals surface area contributed by atoms with Crippen LogP contribution in [0.2, 0.25) is 5.02 Å². The third-order valence-electron chi connectivity index (χ3n) is 4.01. The molecular weight excluding hydrogens is 288 g/mol. The van der Waals surface area contributed by atoms with Gasteiger partial charge in [0.2, 0.25) is 0 Å². The van der Waals surface area contributed by atoms with Crippen molar-refractivity contribution in [2.24, 2.45) is 7.05 Å². The van der Waals surface area contributed by atoms with Gasteiger partial charge in [-0.3, -0.25) is 4.68 Å². The monoisotopic (exact) mass is 306 g/mol. The highest BCUT2D eigenvalue weighted by atomic mass is 35.5. The molecule has 1 fully saturated rings. The van der Waals surface area contributed by atoms with Crippen molar-refractivity contribution in [2.45, 2.75) is 37.5 Å². The van der Waals surface area contributed by atoms with Crippen LogP contribution in [0.3, 0.4) is 0 Å². The van der Waals surface area contributed by atoms with Gasteiger partial charge in [0.05, 0.1) is 17.3 Å². The van der Waals surface area contributed by atoms with Crippen molar-refractivity contribution in [1.82, 2.24) is 20.3 Å². The molecule has 2 heterocycles. The molecule has 0 saturated carbocycles. The number of hydrogen-bond acceptors (Lipinski definition) is 4. The van der Waals surface area contributed by atoms with Crippen molar-refractivity contribution < 1.29 is 5.11 Å². The average Bonchev–Trinajstić information content (AvgIpc) is 2.84. The predicted molar refractivity (Wildman–Crippen MR) is 80.9 cm³/mol. The fourth-order valence-electron chi connectivity index (χ4n) is 3.12. The van der Waals surface area contributed by atoms with Crippen LogP contribution in [0.5, 0.6) is 0 Å². The minimum Gasteiger partial charge on any atom is -0.385 e. The van der Waals surface area contributed by atoms with Gasteiger partial charge >= 0.3 is 0 Å². The molecule has 0 unspecified atom stereocenters. The fourth-order valence-corrected chi connectivity index (χ4v) is 3.31. The summed E-state index contributed by atoms with van der Waals surface area (Å²) in [5, 5.41) is 23.4. The predicted octanol–water partition coefficient (Wildman–Crippen LogP) is 2.17. The maximum Gasteiger partial charge on any atom is 0.0997 e. The van der Waals surface area contributed by atoms with E-state index in [9.17, 15) is 5.11 Å². The summed E-state index contributed by atoms with van der Waals surface area (Å²) in [5.41, 5.74) is 0.805. The highest BCUT2D eigenvalue weighted by molar-refractivity contribution is 6.30. The van der Waals surface area contributed by atoms with E-state index in [0.29, 0.717) is 17.9 Å². The number of nitrogens with one attached hydrogen (secondary N) is 1. The van der Waals surface area contributed by atoms with Gasteiger partial charge in [0.1, 0.15) is 0 Å². The highest BCUT2D eigenvalue weighted by Gasteiger charge is 2.40. The Hall–Kier alpha value is -1.43. The van der Waals surface area contributed by atoms with Crippen molar-refractivity contribution in [2.75, 3.05) is 0 Å². The van der Waals surface area contributed by atoms with Crippen LogP contribution >= 0.6 is 11.6 Å². The number of halogens is 1. The van der Waals surface area contributed by atoms with Crippen LogP contribution < -0.4 is 5.32 Å². The number of rotatable bonds is 2. The molecule has 112 valence electrons. The van der Waals surface area contributed by atoms with Crippen molar-refractivity contribution in [3.63, 3.8) is 0 Å². The molecule has 0 bridgehead atoms. The number of benzene rings is 1. The molecule has 1 aromatic carbocycles. The number of aryl methyl sites for hydroxylation is 1. The second-order valence-electron chi connectivity index (χ2n) is 5.89. The Morgan fingerprint density at radius 1 is 1.43 bits per heavy atom. The highest BCUT2D eigenvalue weighted by Crippen LogP contribution is 2.40. The van der Waals surface area contributed by atoms with Gasteiger partial charge in [-0.2, -0.15) is 0 Å². The van der Waals surface area contributed by atoms with E-state index in [2.05, 4.69) is 22.6 Å². The Labute approximate surface area is 128 Å². The van der Waals surface area contributed by atoms with E-state index < -0.39 is 5.60 Å². The molecule has 1 aliphatic heterocycles. The molecule has 2 N–H and O–H groups in total. The zero-order valence-corrected chi connectivity index (χ0v) is 12.9. The Morgan fingerprint density at radius 3 is 2.90 bits per heavy atom. The van der Waals surface area contributed by atoms with Crippen LogP contribution in [0.1, 0.15) is 37.1 Å². The maximum absolute atomic E-state index is 11.1. The molecule has 1 aromatic heterocycles. The second kappa shape index (κ2) is 5.40. The van der Waals surface area contributed by atoms with Crippen LogP contribution in [-0.2, 0) is 12.6 Å². The van der Waals surface area contributed by atoms with E-state index in [1.165, 1.54) is 0 Å². The largest absolute Gasteiger partial charge is 0.385 e. The molecule has 6 heteroatoms. The lowest BCUT2D eigenvalue weighted by atomic mass is 9.78.